The molecule has 0 radical (unpaired) electrons. The molecule has 3 unspecified atom stereocenters. The van der Waals surface area contributed by atoms with Crippen molar-refractivity contribution >= 4 is 10.1 Å². The molecule has 0 saturated carbocycles. The monoisotopic (exact) mass is 408 g/mol. The van der Waals surface area contributed by atoms with Gasteiger partial charge in [-0.15, -0.1) is 0 Å². The summed E-state index contributed by atoms with van der Waals surface area (Å²) in [6.45, 7) is 17.1. The van der Waals surface area contributed by atoms with E-state index in [4.69, 9.17) is 0 Å². The summed E-state index contributed by atoms with van der Waals surface area (Å²) < 4.78 is 0. The maximum atomic E-state index is 4.45. The van der Waals surface area contributed by atoms with Crippen molar-refractivity contribution in [2.24, 2.45) is 0 Å². The van der Waals surface area contributed by atoms with E-state index in [1.54, 1.807) is 0 Å². The first kappa shape index (κ1) is 23.9. The van der Waals surface area contributed by atoms with Crippen LogP contribution >= 0.6 is 10.1 Å². The van der Waals surface area contributed by atoms with E-state index in [-0.39, 0.29) is 12.4 Å². The van der Waals surface area contributed by atoms with Gasteiger partial charge in [0.2, 0.25) is 0 Å². The molecule has 0 spiro atoms. The topological polar surface area (TPSA) is 42.6 Å². The molecule has 0 aliphatic carbocycles. The van der Waals surface area contributed by atoms with E-state index in [0.717, 1.165) is 58.9 Å². The van der Waals surface area contributed by atoms with Gasteiger partial charge in [-0.25, -0.2) is 0 Å². The van der Waals surface area contributed by atoms with Gasteiger partial charge in [0.1, 0.15) is 0 Å². The van der Waals surface area contributed by atoms with Gasteiger partial charge in [0, 0.05) is 77.0 Å². The van der Waals surface area contributed by atoms with Crippen molar-refractivity contribution in [3.8, 4) is 0 Å². The summed E-state index contributed by atoms with van der Waals surface area (Å²) in [6.07, 6.45) is 0. The zero-order chi connectivity index (χ0) is 16.4. The first-order valence-corrected chi connectivity index (χ1v) is 10.0. The standard InChI is InChI=1S/C15H33N5.2ClH.Mn/c1-13-10-19-7-4-16-14(2)11-20(9-6-18-13)12-15(3)17-5-8-19;;;/h13-18H,4-12H2,1-3H3;2*1H;/q;;;+2/p-2. The third-order valence-electron chi connectivity index (χ3n) is 4.36. The van der Waals surface area contributed by atoms with Crippen LogP contribution in [0.1, 0.15) is 20.8 Å². The average molecular weight is 409 g/mol. The number of rotatable bonds is 0. The number of hydrogen-bond donors (Lipinski definition) is 3. The van der Waals surface area contributed by atoms with Gasteiger partial charge >= 0.3 is 25.2 Å². The molecule has 8 heteroatoms. The van der Waals surface area contributed by atoms with Crippen molar-refractivity contribution in [3.63, 3.8) is 0 Å². The number of nitrogens with one attached hydrogen (secondary N) is 3. The van der Waals surface area contributed by atoms with Crippen molar-refractivity contribution in [3.05, 3.63) is 0 Å². The zero-order valence-electron chi connectivity index (χ0n) is 14.6. The molecule has 3 fully saturated rings. The fourth-order valence-corrected chi connectivity index (χ4v) is 3.31. The summed E-state index contributed by atoms with van der Waals surface area (Å²) in [7, 11) is 4.45. The predicted molar refractivity (Wildman–Crippen MR) is 91.1 cm³/mol. The molecule has 23 heavy (non-hydrogen) atoms. The Morgan fingerprint density at radius 2 is 1.00 bits per heavy atom. The van der Waals surface area contributed by atoms with E-state index in [1.807, 2.05) is 0 Å². The molecule has 0 aromatic heterocycles. The van der Waals surface area contributed by atoms with Crippen LogP contribution in [0.15, 0.2) is 0 Å². The molecule has 2 bridgehead atoms. The van der Waals surface area contributed by atoms with Crippen molar-refractivity contribution in [1.82, 2.24) is 25.8 Å². The number of hydrogen-bond acceptors (Lipinski definition) is 5. The van der Waals surface area contributed by atoms with Crippen LogP contribution in [0.25, 0.3) is 0 Å². The van der Waals surface area contributed by atoms with Crippen LogP contribution in [-0.4, -0.2) is 86.8 Å². The van der Waals surface area contributed by atoms with Crippen LogP contribution in [0.5, 0.6) is 0 Å². The molecular weight excluding hydrogens is 376 g/mol. The molecule has 139 valence electrons. The van der Waals surface area contributed by atoms with Crippen LogP contribution in [0.3, 0.4) is 0 Å². The van der Waals surface area contributed by atoms with Gasteiger partial charge in [-0.1, -0.05) is 0 Å². The van der Waals surface area contributed by atoms with Gasteiger partial charge in [-0.3, -0.25) is 9.80 Å². The second-order valence-electron chi connectivity index (χ2n) is 6.63. The first-order chi connectivity index (χ1) is 10.6. The van der Waals surface area contributed by atoms with Crippen LogP contribution < -0.4 is 28.4 Å². The van der Waals surface area contributed by atoms with Gasteiger partial charge in [-0.05, 0) is 20.8 Å². The van der Waals surface area contributed by atoms with Gasteiger partial charge in [0.25, 0.3) is 0 Å². The fraction of sp³-hybridized carbons (Fsp3) is 1.00. The Morgan fingerprint density at radius 1 is 0.696 bits per heavy atom. The Hall–Kier alpha value is 0.899. The fourth-order valence-electron chi connectivity index (χ4n) is 3.31. The zero-order valence-corrected chi connectivity index (χ0v) is 17.3. The van der Waals surface area contributed by atoms with Crippen LogP contribution in [0.2, 0.25) is 0 Å². The summed E-state index contributed by atoms with van der Waals surface area (Å²) in [6, 6.07) is 1.71. The molecule has 3 aliphatic rings. The average Bonchev–Trinajstić information content (AvgIpc) is 2.46. The maximum absolute atomic E-state index is 4.45. The first-order valence-electron chi connectivity index (χ1n) is 8.42. The molecule has 5 nitrogen and oxygen atoms in total. The Morgan fingerprint density at radius 3 is 1.39 bits per heavy atom. The third kappa shape index (κ3) is 10.5. The van der Waals surface area contributed by atoms with Gasteiger partial charge in [0.05, 0.1) is 0 Å². The van der Waals surface area contributed by atoms with E-state index in [0.29, 0.717) is 18.1 Å². The molecule has 3 rings (SSSR count). The van der Waals surface area contributed by atoms with E-state index >= 15 is 0 Å². The minimum absolute atomic E-state index is 0. The van der Waals surface area contributed by atoms with E-state index in [2.05, 4.69) is 71.7 Å². The second-order valence-corrected chi connectivity index (χ2v) is 6.63. The SMILES string of the molecule is CC1CN2CCNC(C)CN(CCN1)CC(C)NCC2.[Cl-].[Cl][Mn+]. The summed E-state index contributed by atoms with van der Waals surface area (Å²) in [5.41, 5.74) is 0. The Bertz CT molecular complexity index is 271. The molecule has 0 amide bonds. The van der Waals surface area contributed by atoms with Crippen molar-refractivity contribution < 1.29 is 27.5 Å². The van der Waals surface area contributed by atoms with Crippen molar-refractivity contribution in [1.29, 1.82) is 0 Å². The Labute approximate surface area is 161 Å². The second kappa shape index (κ2) is 14.1. The van der Waals surface area contributed by atoms with Crippen LogP contribution in [0.4, 0.5) is 0 Å². The van der Waals surface area contributed by atoms with Crippen molar-refractivity contribution in [2.45, 2.75) is 38.9 Å². The van der Waals surface area contributed by atoms with Crippen LogP contribution in [0, 0.1) is 0 Å². The van der Waals surface area contributed by atoms with Crippen molar-refractivity contribution in [2.75, 3.05) is 58.9 Å². The van der Waals surface area contributed by atoms with Crippen LogP contribution in [-0.2, 0) is 15.1 Å². The molecule has 3 saturated heterocycles. The summed E-state index contributed by atoms with van der Waals surface area (Å²) in [5.74, 6) is 0. The number of nitrogens with zero attached hydrogens (tertiary/aromatic N) is 2. The van der Waals surface area contributed by atoms with E-state index in [1.165, 1.54) is 0 Å². The Kier molecular flexibility index (Phi) is 14.7. The minimum atomic E-state index is 0. The molecule has 0 aromatic rings. The summed E-state index contributed by atoms with van der Waals surface area (Å²) in [5, 5.41) is 11.0. The normalized spacial score (nSPS) is 36.6. The summed E-state index contributed by atoms with van der Waals surface area (Å²) in [4.78, 5) is 5.17. The molecule has 3 N–H and O–H groups in total. The summed E-state index contributed by atoms with van der Waals surface area (Å²) >= 11 is 2.41. The van der Waals surface area contributed by atoms with E-state index in [9.17, 15) is 0 Å². The number of halogens is 2. The third-order valence-corrected chi connectivity index (χ3v) is 4.36. The molecule has 3 heterocycles. The molecule has 3 atom stereocenters. The number of fused-ring (bicyclic) bond motifs is 12. The van der Waals surface area contributed by atoms with E-state index < -0.39 is 0 Å². The van der Waals surface area contributed by atoms with Gasteiger partial charge in [0.15, 0.2) is 0 Å². The van der Waals surface area contributed by atoms with Gasteiger partial charge < -0.3 is 28.4 Å². The Balaban J connectivity index is 0.00000155. The molecule has 3 aliphatic heterocycles. The quantitative estimate of drug-likeness (QED) is 0.379. The van der Waals surface area contributed by atoms with Gasteiger partial charge in [-0.2, -0.15) is 0 Å². The predicted octanol–water partition coefficient (Wildman–Crippen LogP) is -2.76. The molecule has 0 aromatic carbocycles. The molecular formula is C15H33Cl2MnN5.